The maximum atomic E-state index is 13.9. The van der Waals surface area contributed by atoms with Crippen LogP contribution in [0.3, 0.4) is 0 Å². The number of rotatable bonds is 5. The molecule has 3 atom stereocenters. The molecule has 0 N–H and O–H groups in total. The molecule has 1 aromatic heterocycles. The van der Waals surface area contributed by atoms with E-state index in [9.17, 15) is 9.18 Å². The number of benzene rings is 1. The van der Waals surface area contributed by atoms with Gasteiger partial charge in [-0.25, -0.2) is 4.39 Å². The second-order valence-corrected chi connectivity index (χ2v) is 7.90. The number of fused-ring (bicyclic) bond motifs is 1. The predicted octanol–water partition coefficient (Wildman–Crippen LogP) is 2.71. The van der Waals surface area contributed by atoms with Gasteiger partial charge < -0.3 is 14.2 Å². The molecule has 2 aromatic rings. The largest absolute Gasteiger partial charge is 0.375 e. The Hall–Kier alpha value is -2.25. The highest BCUT2D eigenvalue weighted by atomic mass is 19.1. The summed E-state index contributed by atoms with van der Waals surface area (Å²) in [6.07, 6.45) is 0. The number of likely N-dealkylation sites (tertiary alicyclic amines) is 2. The summed E-state index contributed by atoms with van der Waals surface area (Å²) in [6.45, 7) is 7.16. The van der Waals surface area contributed by atoms with Crippen molar-refractivity contribution in [3.8, 4) is 0 Å². The summed E-state index contributed by atoms with van der Waals surface area (Å²) >= 11 is 0. The Morgan fingerprint density at radius 3 is 2.82 bits per heavy atom. The number of aryl methyl sites for hydroxylation is 2. The highest BCUT2D eigenvalue weighted by molar-refractivity contribution is 5.78. The van der Waals surface area contributed by atoms with Gasteiger partial charge in [0.25, 0.3) is 0 Å². The first-order valence-corrected chi connectivity index (χ1v) is 9.66. The van der Waals surface area contributed by atoms with Crippen LogP contribution in [0.2, 0.25) is 0 Å². The van der Waals surface area contributed by atoms with Crippen LogP contribution in [0.25, 0.3) is 0 Å². The average Bonchev–Trinajstić information content (AvgIpc) is 3.30. The van der Waals surface area contributed by atoms with Crippen LogP contribution in [-0.4, -0.2) is 54.2 Å². The monoisotopic (exact) mass is 387 g/mol. The van der Waals surface area contributed by atoms with Gasteiger partial charge in [-0.2, -0.15) is 0 Å². The van der Waals surface area contributed by atoms with Gasteiger partial charge in [0.15, 0.2) is 0 Å². The standard InChI is InChI=1S/C21H26FN3O3/c1-13-18(14(2)28-23-13)10-24-8-16-9-25(20(26)12-27-3)21(19(16)11-24)15-5-4-6-17(22)7-15/h4-7,16,19,21H,8-12H2,1-3H3/t16-,19-,21+/m1/s1. The normalized spacial score (nSPS) is 24.7. The molecule has 150 valence electrons. The van der Waals surface area contributed by atoms with E-state index < -0.39 is 0 Å². The van der Waals surface area contributed by atoms with Gasteiger partial charge in [0.2, 0.25) is 5.91 Å². The number of methoxy groups -OCH3 is 1. The third-order valence-corrected chi connectivity index (χ3v) is 6.08. The van der Waals surface area contributed by atoms with Gasteiger partial charge in [-0.05, 0) is 37.5 Å². The lowest BCUT2D eigenvalue weighted by Crippen LogP contribution is -2.37. The zero-order valence-electron chi connectivity index (χ0n) is 16.5. The van der Waals surface area contributed by atoms with Gasteiger partial charge in [0.05, 0.1) is 11.7 Å². The number of carbonyl (C=O) groups is 1. The molecule has 1 amide bonds. The third kappa shape index (κ3) is 3.44. The molecule has 1 aromatic carbocycles. The van der Waals surface area contributed by atoms with Crippen LogP contribution in [-0.2, 0) is 16.1 Å². The Labute approximate surface area is 164 Å². The molecule has 2 saturated heterocycles. The number of halogens is 1. The Bertz CT molecular complexity index is 849. The Kier molecular flexibility index (Phi) is 5.21. The first kappa shape index (κ1) is 19.1. The summed E-state index contributed by atoms with van der Waals surface area (Å²) in [6, 6.07) is 6.50. The summed E-state index contributed by atoms with van der Waals surface area (Å²) in [5, 5.41) is 4.05. The first-order valence-electron chi connectivity index (χ1n) is 9.66. The Morgan fingerprint density at radius 1 is 1.32 bits per heavy atom. The molecule has 0 unspecified atom stereocenters. The summed E-state index contributed by atoms with van der Waals surface area (Å²) in [5.41, 5.74) is 2.92. The lowest BCUT2D eigenvalue weighted by atomic mass is 9.89. The molecule has 7 heteroatoms. The molecule has 28 heavy (non-hydrogen) atoms. The van der Waals surface area contributed by atoms with Crippen LogP contribution in [0.1, 0.15) is 28.6 Å². The van der Waals surface area contributed by atoms with Gasteiger partial charge in [-0.15, -0.1) is 0 Å². The lowest BCUT2D eigenvalue weighted by Gasteiger charge is -2.30. The number of nitrogens with zero attached hydrogens (tertiary/aromatic N) is 3. The highest BCUT2D eigenvalue weighted by Gasteiger charge is 2.49. The molecule has 0 spiro atoms. The molecule has 6 nitrogen and oxygen atoms in total. The second-order valence-electron chi connectivity index (χ2n) is 7.90. The van der Waals surface area contributed by atoms with Gasteiger partial charge in [-0.1, -0.05) is 17.3 Å². The SMILES string of the molecule is COCC(=O)N1C[C@H]2CN(Cc3c(C)noc3C)C[C@H]2[C@@H]1c1cccc(F)c1. The van der Waals surface area contributed by atoms with Crippen molar-refractivity contribution in [3.05, 3.63) is 52.7 Å². The van der Waals surface area contributed by atoms with Gasteiger partial charge >= 0.3 is 0 Å². The molecule has 2 aliphatic heterocycles. The van der Waals surface area contributed by atoms with Crippen LogP contribution >= 0.6 is 0 Å². The molecule has 0 radical (unpaired) electrons. The fraction of sp³-hybridized carbons (Fsp3) is 0.524. The number of carbonyl (C=O) groups excluding carboxylic acids is 1. The third-order valence-electron chi connectivity index (χ3n) is 6.08. The molecular formula is C21H26FN3O3. The Morgan fingerprint density at radius 2 is 2.14 bits per heavy atom. The minimum absolute atomic E-state index is 0.0385. The number of amides is 1. The zero-order valence-corrected chi connectivity index (χ0v) is 16.5. The molecular weight excluding hydrogens is 361 g/mol. The molecule has 0 saturated carbocycles. The molecule has 0 bridgehead atoms. The molecule has 2 aliphatic rings. The smallest absolute Gasteiger partial charge is 0.249 e. The fourth-order valence-electron chi connectivity index (χ4n) is 4.80. The van der Waals surface area contributed by atoms with Crippen LogP contribution in [0, 0.1) is 31.5 Å². The summed E-state index contributed by atoms with van der Waals surface area (Å²) in [5.74, 6) is 1.17. The van der Waals surface area contributed by atoms with Gasteiger partial charge in [-0.3, -0.25) is 9.69 Å². The van der Waals surface area contributed by atoms with E-state index in [1.54, 1.807) is 12.1 Å². The predicted molar refractivity (Wildman–Crippen MR) is 101 cm³/mol. The number of hydrogen-bond donors (Lipinski definition) is 0. The van der Waals surface area contributed by atoms with Crippen molar-refractivity contribution in [2.45, 2.75) is 26.4 Å². The van der Waals surface area contributed by atoms with E-state index in [0.717, 1.165) is 42.2 Å². The lowest BCUT2D eigenvalue weighted by molar-refractivity contribution is -0.136. The molecule has 2 fully saturated rings. The van der Waals surface area contributed by atoms with Crippen molar-refractivity contribution in [1.82, 2.24) is 15.0 Å². The van der Waals surface area contributed by atoms with Crippen LogP contribution < -0.4 is 0 Å². The van der Waals surface area contributed by atoms with E-state index in [2.05, 4.69) is 10.1 Å². The molecule has 0 aliphatic carbocycles. The van der Waals surface area contributed by atoms with Crippen molar-refractivity contribution in [3.63, 3.8) is 0 Å². The summed E-state index contributed by atoms with van der Waals surface area (Å²) < 4.78 is 24.3. The van der Waals surface area contributed by atoms with E-state index in [1.807, 2.05) is 24.8 Å². The van der Waals surface area contributed by atoms with Crippen molar-refractivity contribution in [1.29, 1.82) is 0 Å². The number of ether oxygens (including phenoxy) is 1. The van der Waals surface area contributed by atoms with E-state index in [4.69, 9.17) is 9.26 Å². The van der Waals surface area contributed by atoms with Crippen molar-refractivity contribution in [2.24, 2.45) is 11.8 Å². The van der Waals surface area contributed by atoms with Crippen LogP contribution in [0.4, 0.5) is 4.39 Å². The molecule has 4 rings (SSSR count). The first-order chi connectivity index (χ1) is 13.5. The van der Waals surface area contributed by atoms with Crippen LogP contribution in [0.5, 0.6) is 0 Å². The van der Waals surface area contributed by atoms with Crippen molar-refractivity contribution < 1.29 is 18.4 Å². The number of hydrogen-bond acceptors (Lipinski definition) is 5. The van der Waals surface area contributed by atoms with Gasteiger partial charge in [0.1, 0.15) is 18.2 Å². The Balaban J connectivity index is 1.57. The second kappa shape index (κ2) is 7.64. The van der Waals surface area contributed by atoms with Crippen molar-refractivity contribution in [2.75, 3.05) is 33.4 Å². The molecule has 3 heterocycles. The number of aromatic nitrogens is 1. The summed E-state index contributed by atoms with van der Waals surface area (Å²) in [7, 11) is 1.53. The average molecular weight is 387 g/mol. The van der Waals surface area contributed by atoms with E-state index in [1.165, 1.54) is 13.2 Å². The topological polar surface area (TPSA) is 58.8 Å². The maximum Gasteiger partial charge on any atom is 0.249 e. The zero-order chi connectivity index (χ0) is 19.8. The van der Waals surface area contributed by atoms with Gasteiger partial charge in [0, 0.05) is 44.8 Å². The van der Waals surface area contributed by atoms with Crippen LogP contribution in [0.15, 0.2) is 28.8 Å². The van der Waals surface area contributed by atoms with E-state index in [-0.39, 0.29) is 30.3 Å². The minimum atomic E-state index is -0.273. The highest BCUT2D eigenvalue weighted by Crippen LogP contribution is 2.45. The van der Waals surface area contributed by atoms with E-state index >= 15 is 0 Å². The fourth-order valence-corrected chi connectivity index (χ4v) is 4.80. The summed E-state index contributed by atoms with van der Waals surface area (Å²) in [4.78, 5) is 16.9. The quantitative estimate of drug-likeness (QED) is 0.790. The van der Waals surface area contributed by atoms with Crippen molar-refractivity contribution >= 4 is 5.91 Å². The maximum absolute atomic E-state index is 13.9. The minimum Gasteiger partial charge on any atom is -0.375 e. The van der Waals surface area contributed by atoms with E-state index in [0.29, 0.717) is 12.5 Å².